The Morgan fingerprint density at radius 2 is 2.04 bits per heavy atom. The molecule has 2 aromatic heterocycles. The molecule has 0 fully saturated rings. The Balaban J connectivity index is 1.78. The maximum atomic E-state index is 5.88. The van der Waals surface area contributed by atoms with Crippen molar-refractivity contribution in [3.05, 3.63) is 53.2 Å². The molecule has 0 atom stereocenters. The van der Waals surface area contributed by atoms with E-state index in [0.717, 1.165) is 51.7 Å². The molecule has 4 rings (SSSR count). The van der Waals surface area contributed by atoms with Crippen molar-refractivity contribution in [2.24, 2.45) is 0 Å². The Bertz CT molecular complexity index is 1000. The summed E-state index contributed by atoms with van der Waals surface area (Å²) in [6.45, 7) is 1.83. The number of halogens is 1. The Kier molecular flexibility index (Phi) is 4.51. The smallest absolute Gasteiger partial charge is 0.237 e. The highest BCUT2D eigenvalue weighted by Gasteiger charge is 2.15. The van der Waals surface area contributed by atoms with Crippen molar-refractivity contribution in [3.63, 3.8) is 0 Å². The number of ether oxygens (including phenoxy) is 1. The summed E-state index contributed by atoms with van der Waals surface area (Å²) in [7, 11) is 1.66. The maximum Gasteiger partial charge on any atom is 0.237 e. The third kappa shape index (κ3) is 3.12. The molecule has 1 aliphatic heterocycles. The van der Waals surface area contributed by atoms with Gasteiger partial charge in [0.1, 0.15) is 11.5 Å². The molecular formula is C20H19BrN4O. The van der Waals surface area contributed by atoms with Gasteiger partial charge in [-0.05, 0) is 52.2 Å². The number of benzene rings is 1. The van der Waals surface area contributed by atoms with E-state index in [-0.39, 0.29) is 0 Å². The highest BCUT2D eigenvalue weighted by atomic mass is 79.9. The molecule has 0 bridgehead atoms. The van der Waals surface area contributed by atoms with Gasteiger partial charge in [-0.15, -0.1) is 0 Å². The molecule has 3 heterocycles. The molecule has 2 N–H and O–H groups in total. The molecule has 0 amide bonds. The van der Waals surface area contributed by atoms with Crippen LogP contribution in [0.3, 0.4) is 0 Å². The van der Waals surface area contributed by atoms with E-state index in [9.17, 15) is 0 Å². The first kappa shape index (κ1) is 16.8. The zero-order valence-electron chi connectivity index (χ0n) is 14.4. The fraction of sp³-hybridized carbons (Fsp3) is 0.200. The Hall–Kier alpha value is -2.60. The lowest BCUT2D eigenvalue weighted by atomic mass is 10.0. The second kappa shape index (κ2) is 6.96. The van der Waals surface area contributed by atoms with E-state index in [1.807, 2.05) is 24.4 Å². The monoisotopic (exact) mass is 410 g/mol. The summed E-state index contributed by atoms with van der Waals surface area (Å²) >= 11 is 3.45. The van der Waals surface area contributed by atoms with Crippen LogP contribution in [0.25, 0.3) is 22.0 Å². The number of pyridine rings is 2. The molecule has 1 aliphatic rings. The number of nitrogens with zero attached hydrogens (tertiary/aromatic N) is 3. The van der Waals surface area contributed by atoms with Crippen molar-refractivity contribution in [1.82, 2.24) is 9.97 Å². The molecule has 0 unspecified atom stereocenters. The Morgan fingerprint density at radius 3 is 2.81 bits per heavy atom. The summed E-state index contributed by atoms with van der Waals surface area (Å²) in [5.74, 6) is 1.15. The third-order valence-electron chi connectivity index (χ3n) is 4.55. The van der Waals surface area contributed by atoms with Crippen LogP contribution >= 0.6 is 15.9 Å². The van der Waals surface area contributed by atoms with Crippen LogP contribution in [0, 0.1) is 0 Å². The average molecular weight is 411 g/mol. The summed E-state index contributed by atoms with van der Waals surface area (Å²) in [4.78, 5) is 11.2. The molecule has 132 valence electrons. The van der Waals surface area contributed by atoms with Crippen molar-refractivity contribution in [2.45, 2.75) is 6.42 Å². The Labute approximate surface area is 160 Å². The Morgan fingerprint density at radius 1 is 1.15 bits per heavy atom. The summed E-state index contributed by atoms with van der Waals surface area (Å²) in [6.07, 6.45) is 7.27. The highest BCUT2D eigenvalue weighted by Crippen LogP contribution is 2.33. The first-order valence-electron chi connectivity index (χ1n) is 8.46. The zero-order valence-corrected chi connectivity index (χ0v) is 16.0. The standard InChI is InChI=1S/C20H19BrN4O/c1-26-20-18(25-7-3-2-4-8-25)11-15(12-23-20)13-5-6-17-14(9-13)10-16(21)19(22)24-17/h2-3,5-6,9-12H,4,7-8H2,1H3,(H2,22,24). The van der Waals surface area contributed by atoms with Crippen LogP contribution in [0.2, 0.25) is 0 Å². The minimum absolute atomic E-state index is 0.497. The molecular weight excluding hydrogens is 392 g/mol. The van der Waals surface area contributed by atoms with Crippen LogP contribution in [0.5, 0.6) is 5.88 Å². The lowest BCUT2D eigenvalue weighted by Crippen LogP contribution is -2.27. The second-order valence-corrected chi connectivity index (χ2v) is 7.08. The molecule has 26 heavy (non-hydrogen) atoms. The van der Waals surface area contributed by atoms with Gasteiger partial charge in [-0.3, -0.25) is 0 Å². The lowest BCUT2D eigenvalue weighted by Gasteiger charge is -2.27. The van der Waals surface area contributed by atoms with Gasteiger partial charge in [0.05, 0.1) is 17.1 Å². The lowest BCUT2D eigenvalue weighted by molar-refractivity contribution is 0.398. The first-order chi connectivity index (χ1) is 12.7. The van der Waals surface area contributed by atoms with E-state index in [2.05, 4.69) is 55.1 Å². The normalized spacial score (nSPS) is 14.0. The fourth-order valence-electron chi connectivity index (χ4n) is 3.19. The fourth-order valence-corrected chi connectivity index (χ4v) is 3.52. The van der Waals surface area contributed by atoms with Gasteiger partial charge in [-0.2, -0.15) is 0 Å². The van der Waals surface area contributed by atoms with E-state index in [4.69, 9.17) is 10.5 Å². The number of nitrogens with two attached hydrogens (primary N) is 1. The maximum absolute atomic E-state index is 5.88. The minimum Gasteiger partial charge on any atom is -0.480 e. The average Bonchev–Trinajstić information content (AvgIpc) is 2.69. The van der Waals surface area contributed by atoms with Crippen LogP contribution in [0.1, 0.15) is 6.42 Å². The number of rotatable bonds is 3. The molecule has 5 nitrogen and oxygen atoms in total. The number of hydrogen-bond acceptors (Lipinski definition) is 5. The van der Waals surface area contributed by atoms with Crippen molar-refractivity contribution in [2.75, 3.05) is 30.8 Å². The largest absolute Gasteiger partial charge is 0.480 e. The van der Waals surface area contributed by atoms with Gasteiger partial charge in [-0.1, -0.05) is 18.2 Å². The van der Waals surface area contributed by atoms with Crippen molar-refractivity contribution in [3.8, 4) is 17.0 Å². The number of nitrogen functional groups attached to an aromatic ring is 1. The van der Waals surface area contributed by atoms with Gasteiger partial charge >= 0.3 is 0 Å². The molecule has 3 aromatic rings. The quantitative estimate of drug-likeness (QED) is 0.647. The molecule has 0 aliphatic carbocycles. The first-order valence-corrected chi connectivity index (χ1v) is 9.25. The van der Waals surface area contributed by atoms with Crippen LogP contribution in [-0.2, 0) is 0 Å². The van der Waals surface area contributed by atoms with Crippen LogP contribution < -0.4 is 15.4 Å². The summed E-state index contributed by atoms with van der Waals surface area (Å²) in [5.41, 5.74) is 9.90. The van der Waals surface area contributed by atoms with Crippen molar-refractivity contribution < 1.29 is 4.74 Å². The van der Waals surface area contributed by atoms with Gasteiger partial charge in [0.2, 0.25) is 5.88 Å². The van der Waals surface area contributed by atoms with E-state index in [1.54, 1.807) is 7.11 Å². The third-order valence-corrected chi connectivity index (χ3v) is 5.19. The van der Waals surface area contributed by atoms with Crippen molar-refractivity contribution in [1.29, 1.82) is 0 Å². The summed E-state index contributed by atoms with van der Waals surface area (Å²) < 4.78 is 6.28. The van der Waals surface area contributed by atoms with E-state index < -0.39 is 0 Å². The van der Waals surface area contributed by atoms with Crippen LogP contribution in [-0.4, -0.2) is 30.2 Å². The van der Waals surface area contributed by atoms with Crippen LogP contribution in [0.15, 0.2) is 53.2 Å². The van der Waals surface area contributed by atoms with Crippen LogP contribution in [0.4, 0.5) is 11.5 Å². The number of methoxy groups -OCH3 is 1. The molecule has 0 radical (unpaired) electrons. The van der Waals surface area contributed by atoms with Crippen molar-refractivity contribution >= 4 is 38.3 Å². The number of aromatic nitrogens is 2. The van der Waals surface area contributed by atoms with Gasteiger partial charge in [0, 0.05) is 30.2 Å². The molecule has 6 heteroatoms. The molecule has 1 aromatic carbocycles. The SMILES string of the molecule is COc1ncc(-c2ccc3nc(N)c(Br)cc3c2)cc1N1CC=CCC1. The van der Waals surface area contributed by atoms with Gasteiger partial charge in [-0.25, -0.2) is 9.97 Å². The highest BCUT2D eigenvalue weighted by molar-refractivity contribution is 9.10. The zero-order chi connectivity index (χ0) is 18.1. The predicted molar refractivity (Wildman–Crippen MR) is 110 cm³/mol. The number of fused-ring (bicyclic) bond motifs is 1. The minimum atomic E-state index is 0.497. The van der Waals surface area contributed by atoms with E-state index in [0.29, 0.717) is 11.7 Å². The topological polar surface area (TPSA) is 64.3 Å². The van der Waals surface area contributed by atoms with Gasteiger partial charge in [0.25, 0.3) is 0 Å². The van der Waals surface area contributed by atoms with E-state index in [1.165, 1.54) is 0 Å². The van der Waals surface area contributed by atoms with E-state index >= 15 is 0 Å². The van der Waals surface area contributed by atoms with Gasteiger partial charge < -0.3 is 15.4 Å². The molecule has 0 saturated heterocycles. The molecule has 0 spiro atoms. The van der Waals surface area contributed by atoms with Gasteiger partial charge in [0.15, 0.2) is 0 Å². The predicted octanol–water partition coefficient (Wildman–Crippen LogP) is 4.42. The summed E-state index contributed by atoms with van der Waals surface area (Å²) in [6, 6.07) is 10.3. The second-order valence-electron chi connectivity index (χ2n) is 6.22. The molecule has 0 saturated carbocycles. The number of hydrogen-bond donors (Lipinski definition) is 1. The summed E-state index contributed by atoms with van der Waals surface area (Å²) in [5, 5.41) is 1.03. The number of anilines is 2.